The topological polar surface area (TPSA) is 87.8 Å². The van der Waals surface area contributed by atoms with E-state index in [0.717, 1.165) is 5.56 Å². The zero-order chi connectivity index (χ0) is 16.0. The summed E-state index contributed by atoms with van der Waals surface area (Å²) in [6.07, 6.45) is 0. The molecule has 0 amide bonds. The highest BCUT2D eigenvalue weighted by Gasteiger charge is 2.18. The van der Waals surface area contributed by atoms with E-state index in [1.165, 1.54) is 14.2 Å². The van der Waals surface area contributed by atoms with Crippen molar-refractivity contribution in [2.45, 2.75) is 25.6 Å². The van der Waals surface area contributed by atoms with Crippen LogP contribution >= 0.6 is 0 Å². The maximum absolute atomic E-state index is 11.8. The van der Waals surface area contributed by atoms with Crippen LogP contribution in [0.4, 0.5) is 0 Å². The lowest BCUT2D eigenvalue weighted by Crippen LogP contribution is -2.22. The van der Waals surface area contributed by atoms with Crippen molar-refractivity contribution in [3.63, 3.8) is 0 Å². The van der Waals surface area contributed by atoms with Crippen LogP contribution in [0.2, 0.25) is 0 Å². The van der Waals surface area contributed by atoms with Crippen molar-refractivity contribution in [1.82, 2.24) is 0 Å². The molecule has 1 aromatic rings. The Kier molecular flexibility index (Phi) is 6.29. The number of hydrogen-bond acceptors (Lipinski definition) is 6. The van der Waals surface area contributed by atoms with E-state index in [0.29, 0.717) is 23.8 Å². The molecule has 0 unspecified atom stereocenters. The fourth-order valence-electron chi connectivity index (χ4n) is 1.69. The summed E-state index contributed by atoms with van der Waals surface area (Å²) in [7, 11) is -0.133. The van der Waals surface area contributed by atoms with Crippen LogP contribution < -0.4 is 19.9 Å². The molecule has 2 N–H and O–H groups in total. The van der Waals surface area contributed by atoms with Gasteiger partial charge in [-0.3, -0.25) is 0 Å². The van der Waals surface area contributed by atoms with Gasteiger partial charge >= 0.3 is 0 Å². The Balaban J connectivity index is 2.92. The highest BCUT2D eigenvalue weighted by atomic mass is 32.2. The Morgan fingerprint density at radius 1 is 1.14 bits per heavy atom. The molecule has 120 valence electrons. The lowest BCUT2D eigenvalue weighted by Gasteiger charge is -2.16. The van der Waals surface area contributed by atoms with E-state index in [9.17, 15) is 8.42 Å². The van der Waals surface area contributed by atoms with Crippen molar-refractivity contribution in [1.29, 1.82) is 0 Å². The van der Waals surface area contributed by atoms with E-state index in [2.05, 4.69) is 0 Å². The first-order chi connectivity index (χ1) is 9.85. The summed E-state index contributed by atoms with van der Waals surface area (Å²) in [6.45, 7) is 3.67. The molecule has 0 radical (unpaired) electrons. The molecule has 0 saturated heterocycles. The van der Waals surface area contributed by atoms with Gasteiger partial charge in [0.15, 0.2) is 21.3 Å². The molecule has 0 bridgehead atoms. The molecule has 0 aliphatic heterocycles. The summed E-state index contributed by atoms with van der Waals surface area (Å²) >= 11 is 0. The average Bonchev–Trinajstić information content (AvgIpc) is 2.46. The van der Waals surface area contributed by atoms with E-state index in [1.54, 1.807) is 26.0 Å². The number of benzene rings is 1. The number of sulfone groups is 1. The van der Waals surface area contributed by atoms with Gasteiger partial charge in [-0.2, -0.15) is 0 Å². The SMILES string of the molecule is COc1cc(CN)cc(OC)c1OCCS(=O)(=O)C(C)C. The number of ether oxygens (including phenoxy) is 3. The van der Waals surface area contributed by atoms with Gasteiger partial charge in [-0.1, -0.05) is 0 Å². The zero-order valence-electron chi connectivity index (χ0n) is 12.9. The lowest BCUT2D eigenvalue weighted by atomic mass is 10.2. The van der Waals surface area contributed by atoms with E-state index < -0.39 is 15.1 Å². The highest BCUT2D eigenvalue weighted by Crippen LogP contribution is 2.38. The summed E-state index contributed by atoms with van der Waals surface area (Å²) in [5.74, 6) is 1.26. The minimum Gasteiger partial charge on any atom is -0.493 e. The maximum atomic E-state index is 11.8. The fourth-order valence-corrected chi connectivity index (χ4v) is 2.48. The number of rotatable bonds is 8. The second kappa shape index (κ2) is 7.51. The van der Waals surface area contributed by atoms with Crippen molar-refractivity contribution in [3.8, 4) is 17.2 Å². The number of hydrogen-bond donors (Lipinski definition) is 1. The van der Waals surface area contributed by atoms with Crippen LogP contribution in [0.15, 0.2) is 12.1 Å². The molecule has 0 aliphatic carbocycles. The Labute approximate surface area is 126 Å². The lowest BCUT2D eigenvalue weighted by molar-refractivity contribution is 0.288. The van der Waals surface area contributed by atoms with Gasteiger partial charge in [0.25, 0.3) is 0 Å². The van der Waals surface area contributed by atoms with Gasteiger partial charge in [-0.25, -0.2) is 8.42 Å². The molecule has 0 spiro atoms. The maximum Gasteiger partial charge on any atom is 0.203 e. The summed E-state index contributed by atoms with van der Waals surface area (Å²) < 4.78 is 39.6. The van der Waals surface area contributed by atoms with Crippen LogP contribution in [0.5, 0.6) is 17.2 Å². The first-order valence-corrected chi connectivity index (χ1v) is 8.36. The summed E-state index contributed by atoms with van der Waals surface area (Å²) in [4.78, 5) is 0. The summed E-state index contributed by atoms with van der Waals surface area (Å²) in [5, 5.41) is -0.426. The van der Waals surface area contributed by atoms with Crippen LogP contribution in [0, 0.1) is 0 Å². The third kappa shape index (κ3) is 4.50. The molecule has 7 heteroatoms. The zero-order valence-corrected chi connectivity index (χ0v) is 13.7. The summed E-state index contributed by atoms with van der Waals surface area (Å²) in [5.41, 5.74) is 6.45. The average molecular weight is 317 g/mol. The molecule has 6 nitrogen and oxygen atoms in total. The van der Waals surface area contributed by atoms with Crippen LogP contribution in [0.3, 0.4) is 0 Å². The van der Waals surface area contributed by atoms with Gasteiger partial charge in [0, 0.05) is 6.54 Å². The standard InChI is InChI=1S/C14H23NO5S/c1-10(2)21(16,17)6-5-20-14-12(18-3)7-11(9-15)8-13(14)19-4/h7-8,10H,5-6,9,15H2,1-4H3. The second-order valence-corrected chi connectivity index (χ2v) is 7.47. The van der Waals surface area contributed by atoms with Crippen LogP contribution in [0.1, 0.15) is 19.4 Å². The van der Waals surface area contributed by atoms with Crippen LogP contribution in [0.25, 0.3) is 0 Å². The van der Waals surface area contributed by atoms with Crippen molar-refractivity contribution in [3.05, 3.63) is 17.7 Å². The number of methoxy groups -OCH3 is 2. The van der Waals surface area contributed by atoms with Crippen molar-refractivity contribution in [2.75, 3.05) is 26.6 Å². The fraction of sp³-hybridized carbons (Fsp3) is 0.571. The normalized spacial score (nSPS) is 11.5. The highest BCUT2D eigenvalue weighted by molar-refractivity contribution is 7.91. The van der Waals surface area contributed by atoms with E-state index >= 15 is 0 Å². The van der Waals surface area contributed by atoms with E-state index in [1.807, 2.05) is 0 Å². The van der Waals surface area contributed by atoms with Gasteiger partial charge < -0.3 is 19.9 Å². The molecule has 0 aromatic heterocycles. The van der Waals surface area contributed by atoms with Crippen LogP contribution in [-0.4, -0.2) is 40.2 Å². The molecule has 0 atom stereocenters. The van der Waals surface area contributed by atoms with Crippen molar-refractivity contribution >= 4 is 9.84 Å². The Bertz CT molecular complexity index is 544. The molecule has 0 fully saturated rings. The van der Waals surface area contributed by atoms with Gasteiger partial charge in [0.2, 0.25) is 5.75 Å². The van der Waals surface area contributed by atoms with Gasteiger partial charge in [0.05, 0.1) is 25.2 Å². The third-order valence-electron chi connectivity index (χ3n) is 3.09. The minimum absolute atomic E-state index is 0.0369. The molecule has 0 saturated carbocycles. The predicted molar refractivity (Wildman–Crippen MR) is 81.9 cm³/mol. The van der Waals surface area contributed by atoms with Crippen molar-refractivity contribution < 1.29 is 22.6 Å². The molecular formula is C14H23NO5S. The first-order valence-electron chi connectivity index (χ1n) is 6.65. The second-order valence-electron chi connectivity index (χ2n) is 4.80. The minimum atomic E-state index is -3.15. The van der Waals surface area contributed by atoms with Gasteiger partial charge in [-0.05, 0) is 31.5 Å². The monoisotopic (exact) mass is 317 g/mol. The molecule has 1 rings (SSSR count). The van der Waals surface area contributed by atoms with Gasteiger partial charge in [-0.15, -0.1) is 0 Å². The first kappa shape index (κ1) is 17.6. The molecular weight excluding hydrogens is 294 g/mol. The Morgan fingerprint density at radius 3 is 2.05 bits per heavy atom. The smallest absolute Gasteiger partial charge is 0.203 e. The molecule has 1 aromatic carbocycles. The van der Waals surface area contributed by atoms with E-state index in [4.69, 9.17) is 19.9 Å². The quantitative estimate of drug-likeness (QED) is 0.779. The largest absolute Gasteiger partial charge is 0.493 e. The van der Waals surface area contributed by atoms with E-state index in [-0.39, 0.29) is 12.4 Å². The molecule has 0 aliphatic rings. The predicted octanol–water partition coefficient (Wildman–Crippen LogP) is 1.36. The Hall–Kier alpha value is -1.47. The van der Waals surface area contributed by atoms with Crippen LogP contribution in [-0.2, 0) is 16.4 Å². The summed E-state index contributed by atoms with van der Waals surface area (Å²) in [6, 6.07) is 3.49. The third-order valence-corrected chi connectivity index (χ3v) is 5.26. The number of nitrogens with two attached hydrogens (primary N) is 1. The Morgan fingerprint density at radius 2 is 1.67 bits per heavy atom. The van der Waals surface area contributed by atoms with Crippen molar-refractivity contribution in [2.24, 2.45) is 5.73 Å². The molecule has 0 heterocycles. The molecule has 21 heavy (non-hydrogen) atoms. The van der Waals surface area contributed by atoms with Gasteiger partial charge in [0.1, 0.15) is 6.61 Å².